The second-order valence-electron chi connectivity index (χ2n) is 5.22. The molecule has 0 aliphatic carbocycles. The van der Waals surface area contributed by atoms with Gasteiger partial charge in [0.25, 0.3) is 0 Å². The van der Waals surface area contributed by atoms with Crippen LogP contribution >= 0.6 is 0 Å². The molecule has 0 unspecified atom stereocenters. The Hall–Kier alpha value is -3.28. The normalized spacial score (nSPS) is 10.5. The summed E-state index contributed by atoms with van der Waals surface area (Å²) in [6.45, 7) is 0. The lowest BCUT2D eigenvalue weighted by molar-refractivity contribution is 0.0600. The zero-order valence-corrected chi connectivity index (χ0v) is 15.1. The van der Waals surface area contributed by atoms with Crippen LogP contribution in [-0.2, 0) is 4.74 Å². The molecule has 0 atom stereocenters. The predicted molar refractivity (Wildman–Crippen MR) is 97.2 cm³/mol. The maximum Gasteiger partial charge on any atom is 0.337 e. The molecular formula is C20H20O6. The fourth-order valence-corrected chi connectivity index (χ4v) is 2.35. The standard InChI is InChI=1S/C20H20O6/c1-23-15-11-17(24-2)19(18(12-15)25-3)16(21)10-7-13-5-8-14(9-6-13)20(22)26-4/h5-12H,1-4H3/b10-7+. The van der Waals surface area contributed by atoms with Gasteiger partial charge in [0, 0.05) is 12.1 Å². The summed E-state index contributed by atoms with van der Waals surface area (Å²) < 4.78 is 20.4. The monoisotopic (exact) mass is 356 g/mol. The Morgan fingerprint density at radius 1 is 0.846 bits per heavy atom. The van der Waals surface area contributed by atoms with Crippen molar-refractivity contribution in [2.75, 3.05) is 28.4 Å². The van der Waals surface area contributed by atoms with E-state index < -0.39 is 5.97 Å². The van der Waals surface area contributed by atoms with Crippen molar-refractivity contribution in [3.05, 3.63) is 59.2 Å². The Morgan fingerprint density at radius 2 is 1.42 bits per heavy atom. The number of carbonyl (C=O) groups is 2. The van der Waals surface area contributed by atoms with Crippen molar-refractivity contribution >= 4 is 17.8 Å². The van der Waals surface area contributed by atoms with Gasteiger partial charge in [-0.1, -0.05) is 18.2 Å². The summed E-state index contributed by atoms with van der Waals surface area (Å²) in [5.74, 6) is 0.550. The zero-order valence-electron chi connectivity index (χ0n) is 15.1. The van der Waals surface area contributed by atoms with Gasteiger partial charge in [-0.2, -0.15) is 0 Å². The molecule has 2 rings (SSSR count). The van der Waals surface area contributed by atoms with E-state index in [2.05, 4.69) is 4.74 Å². The first-order chi connectivity index (χ1) is 12.5. The second kappa shape index (κ2) is 8.71. The van der Waals surface area contributed by atoms with Gasteiger partial charge in [-0.3, -0.25) is 4.79 Å². The highest BCUT2D eigenvalue weighted by Crippen LogP contribution is 2.34. The molecule has 0 radical (unpaired) electrons. The van der Waals surface area contributed by atoms with Crippen LogP contribution in [-0.4, -0.2) is 40.2 Å². The molecule has 0 aromatic heterocycles. The molecule has 0 bridgehead atoms. The van der Waals surface area contributed by atoms with Crippen LogP contribution < -0.4 is 14.2 Å². The van der Waals surface area contributed by atoms with Gasteiger partial charge < -0.3 is 18.9 Å². The number of carbonyl (C=O) groups excluding carboxylic acids is 2. The highest BCUT2D eigenvalue weighted by Gasteiger charge is 2.18. The first-order valence-electron chi connectivity index (χ1n) is 7.74. The number of hydrogen-bond donors (Lipinski definition) is 0. The van der Waals surface area contributed by atoms with E-state index in [-0.39, 0.29) is 5.78 Å². The van der Waals surface area contributed by atoms with Crippen LogP contribution in [0.2, 0.25) is 0 Å². The molecule has 0 amide bonds. The minimum absolute atomic E-state index is 0.279. The van der Waals surface area contributed by atoms with Crippen LogP contribution in [0.1, 0.15) is 26.3 Å². The van der Waals surface area contributed by atoms with Crippen molar-refractivity contribution < 1.29 is 28.5 Å². The molecule has 0 aliphatic heterocycles. The molecule has 0 fully saturated rings. The first kappa shape index (κ1) is 19.1. The van der Waals surface area contributed by atoms with Gasteiger partial charge in [0.2, 0.25) is 0 Å². The molecule has 0 spiro atoms. The molecule has 26 heavy (non-hydrogen) atoms. The molecule has 2 aromatic carbocycles. The Kier molecular flexibility index (Phi) is 6.38. The SMILES string of the molecule is COC(=O)c1ccc(/C=C/C(=O)c2c(OC)cc(OC)cc2OC)cc1. The molecule has 0 heterocycles. The molecule has 0 saturated heterocycles. The van der Waals surface area contributed by atoms with Crippen molar-refractivity contribution in [3.8, 4) is 17.2 Å². The van der Waals surface area contributed by atoms with Crippen LogP contribution in [0.4, 0.5) is 0 Å². The number of rotatable bonds is 7. The largest absolute Gasteiger partial charge is 0.496 e. The highest BCUT2D eigenvalue weighted by atomic mass is 16.5. The lowest BCUT2D eigenvalue weighted by Gasteiger charge is -2.13. The van der Waals surface area contributed by atoms with Gasteiger partial charge in [0.05, 0.1) is 34.0 Å². The molecule has 136 valence electrons. The molecule has 2 aromatic rings. The van der Waals surface area contributed by atoms with Crippen LogP contribution in [0.15, 0.2) is 42.5 Å². The lowest BCUT2D eigenvalue weighted by Crippen LogP contribution is -2.03. The van der Waals surface area contributed by atoms with Crippen LogP contribution in [0.25, 0.3) is 6.08 Å². The van der Waals surface area contributed by atoms with Gasteiger partial charge in [0.15, 0.2) is 5.78 Å². The minimum Gasteiger partial charge on any atom is -0.496 e. The van der Waals surface area contributed by atoms with E-state index in [1.165, 1.54) is 34.5 Å². The Labute approximate surface area is 151 Å². The fraction of sp³-hybridized carbons (Fsp3) is 0.200. The van der Waals surface area contributed by atoms with Gasteiger partial charge in [0.1, 0.15) is 22.8 Å². The topological polar surface area (TPSA) is 71.1 Å². The molecule has 6 nitrogen and oxygen atoms in total. The van der Waals surface area contributed by atoms with Gasteiger partial charge in [-0.15, -0.1) is 0 Å². The Morgan fingerprint density at radius 3 is 1.88 bits per heavy atom. The fourth-order valence-electron chi connectivity index (χ4n) is 2.35. The van der Waals surface area contributed by atoms with Crippen molar-refractivity contribution in [2.45, 2.75) is 0 Å². The number of methoxy groups -OCH3 is 4. The van der Waals surface area contributed by atoms with E-state index in [0.29, 0.717) is 28.4 Å². The summed E-state index contributed by atoms with van der Waals surface area (Å²) in [4.78, 5) is 24.1. The Balaban J connectivity index is 2.29. The molecular weight excluding hydrogens is 336 g/mol. The van der Waals surface area contributed by atoms with E-state index in [4.69, 9.17) is 14.2 Å². The third-order valence-electron chi connectivity index (χ3n) is 3.72. The highest BCUT2D eigenvalue weighted by molar-refractivity contribution is 6.10. The van der Waals surface area contributed by atoms with E-state index in [0.717, 1.165) is 5.56 Å². The smallest absolute Gasteiger partial charge is 0.337 e. The summed E-state index contributed by atoms with van der Waals surface area (Å²) >= 11 is 0. The van der Waals surface area contributed by atoms with Crippen LogP contribution in [0.3, 0.4) is 0 Å². The summed E-state index contributed by atoms with van der Waals surface area (Å²) in [5, 5.41) is 0. The maximum atomic E-state index is 12.6. The number of ether oxygens (including phenoxy) is 4. The second-order valence-corrected chi connectivity index (χ2v) is 5.22. The van der Waals surface area contributed by atoms with Crippen molar-refractivity contribution in [1.82, 2.24) is 0 Å². The van der Waals surface area contributed by atoms with Crippen LogP contribution in [0, 0.1) is 0 Å². The van der Waals surface area contributed by atoms with E-state index >= 15 is 0 Å². The summed E-state index contributed by atoms with van der Waals surface area (Å²) in [6.07, 6.45) is 3.06. The number of hydrogen-bond acceptors (Lipinski definition) is 6. The van der Waals surface area contributed by atoms with E-state index in [9.17, 15) is 9.59 Å². The number of benzene rings is 2. The average Bonchev–Trinajstić information content (AvgIpc) is 2.70. The minimum atomic E-state index is -0.413. The maximum absolute atomic E-state index is 12.6. The van der Waals surface area contributed by atoms with Gasteiger partial charge in [-0.05, 0) is 23.8 Å². The number of ketones is 1. The average molecular weight is 356 g/mol. The third kappa shape index (κ3) is 4.22. The van der Waals surface area contributed by atoms with Gasteiger partial charge in [-0.25, -0.2) is 4.79 Å². The number of allylic oxidation sites excluding steroid dienone is 1. The molecule has 0 saturated carbocycles. The zero-order chi connectivity index (χ0) is 19.1. The summed E-state index contributed by atoms with van der Waals surface area (Å²) in [7, 11) is 5.79. The first-order valence-corrected chi connectivity index (χ1v) is 7.74. The van der Waals surface area contributed by atoms with E-state index in [1.807, 2.05) is 0 Å². The molecule has 6 heteroatoms. The van der Waals surface area contributed by atoms with E-state index in [1.54, 1.807) is 42.5 Å². The predicted octanol–water partition coefficient (Wildman–Crippen LogP) is 3.40. The molecule has 0 N–H and O–H groups in total. The van der Waals surface area contributed by atoms with Crippen molar-refractivity contribution in [1.29, 1.82) is 0 Å². The summed E-state index contributed by atoms with van der Waals surface area (Å²) in [5.41, 5.74) is 1.50. The summed E-state index contributed by atoms with van der Waals surface area (Å²) in [6, 6.07) is 9.94. The quantitative estimate of drug-likeness (QED) is 0.430. The number of esters is 1. The van der Waals surface area contributed by atoms with Crippen molar-refractivity contribution in [2.24, 2.45) is 0 Å². The lowest BCUT2D eigenvalue weighted by atomic mass is 10.1. The van der Waals surface area contributed by atoms with Crippen LogP contribution in [0.5, 0.6) is 17.2 Å². The molecule has 0 aliphatic rings. The Bertz CT molecular complexity index is 796. The van der Waals surface area contributed by atoms with Crippen molar-refractivity contribution in [3.63, 3.8) is 0 Å². The van der Waals surface area contributed by atoms with Gasteiger partial charge >= 0.3 is 5.97 Å². The third-order valence-corrected chi connectivity index (χ3v) is 3.72.